The number of rotatable bonds is 16. The van der Waals surface area contributed by atoms with Gasteiger partial charge in [0.05, 0.1) is 13.2 Å². The Hall–Kier alpha value is -2.45. The lowest BCUT2D eigenvalue weighted by molar-refractivity contribution is -0.686. The largest absolute Gasteiger partial charge is 1.00 e. The Labute approximate surface area is 231 Å². The Balaban J connectivity index is 0.00000481. The number of esters is 1. The summed E-state index contributed by atoms with van der Waals surface area (Å²) in [6.07, 6.45) is 15.9. The van der Waals surface area contributed by atoms with Gasteiger partial charge in [-0.05, 0) is 25.5 Å². The summed E-state index contributed by atoms with van der Waals surface area (Å²) in [6.45, 7) is 4.90. The summed E-state index contributed by atoms with van der Waals surface area (Å²) >= 11 is 0. The van der Waals surface area contributed by atoms with Crippen molar-refractivity contribution < 1.29 is 45.7 Å². The molecule has 0 aliphatic carbocycles. The van der Waals surface area contributed by atoms with Crippen LogP contribution in [-0.2, 0) is 21.8 Å². The highest BCUT2D eigenvalue weighted by molar-refractivity contribution is 5.99. The third-order valence-corrected chi connectivity index (χ3v) is 6.58. The van der Waals surface area contributed by atoms with Gasteiger partial charge in [0.2, 0.25) is 6.54 Å². The topological polar surface area (TPSA) is 88.7 Å². The molecule has 1 amide bonds. The van der Waals surface area contributed by atoms with E-state index >= 15 is 0 Å². The van der Waals surface area contributed by atoms with Gasteiger partial charge in [-0.2, -0.15) is 4.57 Å². The number of halogens is 1. The monoisotopic (exact) mass is 576 g/mol. The van der Waals surface area contributed by atoms with Crippen LogP contribution < -0.4 is 31.6 Å². The second-order valence-corrected chi connectivity index (χ2v) is 9.47. The van der Waals surface area contributed by atoms with Crippen molar-refractivity contribution in [1.29, 1.82) is 0 Å². The molecule has 204 valence electrons. The highest BCUT2D eigenvalue weighted by atomic mass is 79.9. The van der Waals surface area contributed by atoms with Gasteiger partial charge in [-0.3, -0.25) is 4.79 Å². The molecule has 2 N–H and O–H groups in total. The van der Waals surface area contributed by atoms with Gasteiger partial charge in [-0.25, -0.2) is 4.79 Å². The number of ether oxygens (including phenoxy) is 2. The normalized spacial score (nSPS) is 16.0. The van der Waals surface area contributed by atoms with Gasteiger partial charge in [0.15, 0.2) is 18.1 Å². The molecule has 1 aliphatic rings. The summed E-state index contributed by atoms with van der Waals surface area (Å²) in [5, 5.41) is 14.1. The van der Waals surface area contributed by atoms with E-state index in [-0.39, 0.29) is 29.5 Å². The molecule has 2 heterocycles. The lowest BCUT2D eigenvalue weighted by atomic mass is 9.95. The van der Waals surface area contributed by atoms with E-state index in [2.05, 4.69) is 12.2 Å². The predicted molar refractivity (Wildman–Crippen MR) is 138 cm³/mol. The zero-order valence-corrected chi connectivity index (χ0v) is 23.7. The van der Waals surface area contributed by atoms with Crippen LogP contribution in [0.3, 0.4) is 0 Å². The average molecular weight is 578 g/mol. The molecule has 3 rings (SSSR count). The highest BCUT2D eigenvalue weighted by Gasteiger charge is 2.44. The molecule has 0 saturated carbocycles. The number of hydrogen-bond donors (Lipinski definition) is 2. The molecule has 1 aliphatic heterocycles. The van der Waals surface area contributed by atoms with E-state index in [4.69, 9.17) is 9.47 Å². The molecular weight excluding hydrogens is 536 g/mol. The molecule has 0 spiro atoms. The van der Waals surface area contributed by atoms with E-state index in [1.165, 1.54) is 51.4 Å². The first kappa shape index (κ1) is 30.8. The first-order valence-corrected chi connectivity index (χ1v) is 13.4. The van der Waals surface area contributed by atoms with Gasteiger partial charge >= 0.3 is 5.97 Å². The van der Waals surface area contributed by atoms with Crippen molar-refractivity contribution in [3.05, 3.63) is 59.4 Å². The average Bonchev–Trinajstić information content (AvgIpc) is 3.13. The molecule has 1 unspecified atom stereocenters. The maximum Gasteiger partial charge on any atom is 0.372 e. The van der Waals surface area contributed by atoms with Crippen molar-refractivity contribution in [2.24, 2.45) is 0 Å². The van der Waals surface area contributed by atoms with Crippen LogP contribution in [0.5, 0.6) is 5.75 Å². The Morgan fingerprint density at radius 1 is 1.00 bits per heavy atom. The van der Waals surface area contributed by atoms with E-state index in [0.717, 1.165) is 12.8 Å². The van der Waals surface area contributed by atoms with Crippen LogP contribution in [0.15, 0.2) is 42.7 Å². The standard InChI is InChI=1S/C29H40N2O5.BrH/c1-3-5-6-7-8-9-10-11-12-13-19-36-24-16-14-15-23(20-24)29(34)26-17-18-31(22-27(32)35-4-2)21-25(26)28(33)30-29;/h14-18,20-21,34H,3-13,19,22H2,1-2H3;1H. The summed E-state index contributed by atoms with van der Waals surface area (Å²) in [5.41, 5.74) is -0.370. The summed E-state index contributed by atoms with van der Waals surface area (Å²) in [5.74, 6) is -0.126. The Morgan fingerprint density at radius 3 is 2.35 bits per heavy atom. The van der Waals surface area contributed by atoms with Gasteiger partial charge in [0.25, 0.3) is 5.91 Å². The van der Waals surface area contributed by atoms with Crippen molar-refractivity contribution in [3.8, 4) is 5.75 Å². The first-order valence-electron chi connectivity index (χ1n) is 13.4. The zero-order chi connectivity index (χ0) is 25.8. The maximum absolute atomic E-state index is 12.7. The number of nitrogens with zero attached hydrogens (tertiary/aromatic N) is 1. The minimum Gasteiger partial charge on any atom is -1.00 e. The summed E-state index contributed by atoms with van der Waals surface area (Å²) in [6, 6.07) is 8.87. The lowest BCUT2D eigenvalue weighted by Gasteiger charge is -2.24. The molecule has 0 bridgehead atoms. The molecule has 8 heteroatoms. The number of aromatic nitrogens is 1. The third-order valence-electron chi connectivity index (χ3n) is 6.58. The van der Waals surface area contributed by atoms with E-state index < -0.39 is 11.6 Å². The molecule has 2 aromatic rings. The van der Waals surface area contributed by atoms with Crippen molar-refractivity contribution >= 4 is 11.9 Å². The lowest BCUT2D eigenvalue weighted by Crippen LogP contribution is -3.00. The van der Waals surface area contributed by atoms with E-state index in [0.29, 0.717) is 35.7 Å². The summed E-state index contributed by atoms with van der Waals surface area (Å²) < 4.78 is 12.5. The summed E-state index contributed by atoms with van der Waals surface area (Å²) in [4.78, 5) is 24.4. The van der Waals surface area contributed by atoms with Gasteiger partial charge in [0.1, 0.15) is 11.3 Å². The molecule has 7 nitrogen and oxygen atoms in total. The number of aliphatic hydroxyl groups is 1. The van der Waals surface area contributed by atoms with E-state index in [1.807, 2.05) is 12.1 Å². The zero-order valence-electron chi connectivity index (χ0n) is 22.1. The van der Waals surface area contributed by atoms with Crippen LogP contribution in [0.4, 0.5) is 0 Å². The van der Waals surface area contributed by atoms with Crippen molar-refractivity contribution in [1.82, 2.24) is 5.32 Å². The second kappa shape index (κ2) is 15.7. The van der Waals surface area contributed by atoms with E-state index in [1.54, 1.807) is 42.1 Å². The SMILES string of the molecule is CCCCCCCCCCCCOc1cccc(C2(O)NC(=O)c3c[n+](CC(=O)OCC)ccc32)c1.[Br-]. The number of carbonyl (C=O) groups excluding carboxylic acids is 2. The van der Waals surface area contributed by atoms with Crippen LogP contribution in [0.2, 0.25) is 0 Å². The van der Waals surface area contributed by atoms with Gasteiger partial charge < -0.3 is 36.9 Å². The van der Waals surface area contributed by atoms with Gasteiger partial charge in [0, 0.05) is 17.2 Å². The Morgan fingerprint density at radius 2 is 1.68 bits per heavy atom. The summed E-state index contributed by atoms with van der Waals surface area (Å²) in [7, 11) is 0. The minimum absolute atomic E-state index is 0. The molecule has 0 saturated heterocycles. The molecule has 1 atom stereocenters. The van der Waals surface area contributed by atoms with E-state index in [9.17, 15) is 14.7 Å². The Kier molecular flexibility index (Phi) is 13.1. The van der Waals surface area contributed by atoms with Crippen LogP contribution in [-0.4, -0.2) is 30.2 Å². The quantitative estimate of drug-likeness (QED) is 0.181. The number of carbonyl (C=O) groups is 2. The van der Waals surface area contributed by atoms with Crippen molar-refractivity contribution in [3.63, 3.8) is 0 Å². The fourth-order valence-electron chi connectivity index (χ4n) is 4.61. The minimum atomic E-state index is -1.66. The smallest absolute Gasteiger partial charge is 0.372 e. The first-order chi connectivity index (χ1) is 17.5. The fraction of sp³-hybridized carbons (Fsp3) is 0.552. The molecule has 37 heavy (non-hydrogen) atoms. The molecule has 0 radical (unpaired) electrons. The third kappa shape index (κ3) is 8.82. The molecule has 1 aromatic carbocycles. The number of amides is 1. The second-order valence-electron chi connectivity index (χ2n) is 9.47. The highest BCUT2D eigenvalue weighted by Crippen LogP contribution is 2.35. The van der Waals surface area contributed by atoms with Gasteiger partial charge in [-0.15, -0.1) is 0 Å². The van der Waals surface area contributed by atoms with Crippen molar-refractivity contribution in [2.45, 2.75) is 90.3 Å². The number of hydrogen-bond acceptors (Lipinski definition) is 5. The van der Waals surface area contributed by atoms with Crippen LogP contribution in [0.1, 0.15) is 99.5 Å². The maximum atomic E-state index is 12.7. The number of unbranched alkanes of at least 4 members (excludes halogenated alkanes) is 9. The van der Waals surface area contributed by atoms with Crippen LogP contribution in [0, 0.1) is 0 Å². The molecular formula is C29H41BrN2O5. The van der Waals surface area contributed by atoms with Crippen molar-refractivity contribution in [2.75, 3.05) is 13.2 Å². The molecule has 0 fully saturated rings. The van der Waals surface area contributed by atoms with Crippen LogP contribution >= 0.6 is 0 Å². The Bertz CT molecular complexity index is 1020. The molecule has 1 aromatic heterocycles. The van der Waals surface area contributed by atoms with Gasteiger partial charge in [-0.1, -0.05) is 76.8 Å². The number of nitrogens with one attached hydrogen (secondary N) is 1. The number of benzene rings is 1. The van der Waals surface area contributed by atoms with Crippen LogP contribution in [0.25, 0.3) is 0 Å². The number of pyridine rings is 1. The fourth-order valence-corrected chi connectivity index (χ4v) is 4.61. The number of fused-ring (bicyclic) bond motifs is 1. The predicted octanol–water partition coefficient (Wildman–Crippen LogP) is 1.78.